The number of carbonyl (C=O) groups excluding carboxylic acids is 2. The van der Waals surface area contributed by atoms with Gasteiger partial charge in [-0.1, -0.05) is 6.92 Å². The van der Waals surface area contributed by atoms with E-state index in [1.54, 1.807) is 12.1 Å². The zero-order chi connectivity index (χ0) is 17.7. The first kappa shape index (κ1) is 16.6. The zero-order valence-corrected chi connectivity index (χ0v) is 14.8. The van der Waals surface area contributed by atoms with Gasteiger partial charge >= 0.3 is 0 Å². The van der Waals surface area contributed by atoms with Gasteiger partial charge in [0.05, 0.1) is 5.41 Å². The topological polar surface area (TPSA) is 40.6 Å². The summed E-state index contributed by atoms with van der Waals surface area (Å²) in [5.74, 6) is 0.124. The molecule has 3 aliphatic rings. The van der Waals surface area contributed by atoms with Crippen molar-refractivity contribution in [3.05, 3.63) is 30.1 Å². The molecule has 25 heavy (non-hydrogen) atoms. The molecule has 1 aromatic carbocycles. The average molecular weight is 344 g/mol. The zero-order valence-electron chi connectivity index (χ0n) is 14.8. The fourth-order valence-corrected chi connectivity index (χ4v) is 4.32. The highest BCUT2D eigenvalue weighted by atomic mass is 19.1. The van der Waals surface area contributed by atoms with Gasteiger partial charge in [-0.3, -0.25) is 9.59 Å². The van der Waals surface area contributed by atoms with E-state index < -0.39 is 0 Å². The van der Waals surface area contributed by atoms with Crippen LogP contribution in [-0.4, -0.2) is 36.3 Å². The van der Waals surface area contributed by atoms with Gasteiger partial charge in [-0.25, -0.2) is 4.39 Å². The van der Waals surface area contributed by atoms with Gasteiger partial charge < -0.3 is 9.80 Å². The number of rotatable bonds is 2. The SMILES string of the molecule is CC1(C(=O)N2CCC3(CCCN(c4ccc(F)cc4)C3=O)CC2)CC1. The molecule has 1 saturated carbocycles. The fraction of sp³-hybridized carbons (Fsp3) is 0.600. The first-order chi connectivity index (χ1) is 11.9. The molecule has 0 N–H and O–H groups in total. The number of nitrogens with zero attached hydrogens (tertiary/aromatic N) is 2. The summed E-state index contributed by atoms with van der Waals surface area (Å²) in [6.07, 6.45) is 5.31. The van der Waals surface area contributed by atoms with E-state index >= 15 is 0 Å². The van der Waals surface area contributed by atoms with Crippen molar-refractivity contribution >= 4 is 17.5 Å². The summed E-state index contributed by atoms with van der Waals surface area (Å²) in [7, 11) is 0. The highest BCUT2D eigenvalue weighted by Gasteiger charge is 2.51. The van der Waals surface area contributed by atoms with Gasteiger partial charge in [0, 0.05) is 30.7 Å². The molecule has 5 heteroatoms. The van der Waals surface area contributed by atoms with Crippen LogP contribution in [0.3, 0.4) is 0 Å². The van der Waals surface area contributed by atoms with Crippen LogP contribution in [0.25, 0.3) is 0 Å². The van der Waals surface area contributed by atoms with Crippen molar-refractivity contribution in [3.8, 4) is 0 Å². The van der Waals surface area contributed by atoms with Crippen LogP contribution in [0.4, 0.5) is 10.1 Å². The van der Waals surface area contributed by atoms with E-state index in [4.69, 9.17) is 0 Å². The van der Waals surface area contributed by atoms with Gasteiger partial charge in [-0.15, -0.1) is 0 Å². The summed E-state index contributed by atoms with van der Waals surface area (Å²) in [4.78, 5) is 29.5. The van der Waals surface area contributed by atoms with Crippen molar-refractivity contribution in [2.24, 2.45) is 10.8 Å². The van der Waals surface area contributed by atoms with Gasteiger partial charge in [0.2, 0.25) is 11.8 Å². The Bertz CT molecular complexity index is 688. The number of benzene rings is 1. The molecule has 134 valence electrons. The molecule has 2 saturated heterocycles. The average Bonchev–Trinajstić information content (AvgIpc) is 3.37. The Morgan fingerprint density at radius 1 is 1.00 bits per heavy atom. The van der Waals surface area contributed by atoms with Crippen molar-refractivity contribution in [3.63, 3.8) is 0 Å². The normalized spacial score (nSPS) is 24.5. The smallest absolute Gasteiger partial charge is 0.233 e. The van der Waals surface area contributed by atoms with E-state index in [0.29, 0.717) is 19.6 Å². The minimum absolute atomic E-state index is 0.138. The molecule has 2 aliphatic heterocycles. The molecular weight excluding hydrogens is 319 g/mol. The maximum absolute atomic E-state index is 13.2. The lowest BCUT2D eigenvalue weighted by atomic mass is 9.71. The molecule has 4 rings (SSSR count). The number of halogens is 1. The summed E-state index contributed by atoms with van der Waals surface area (Å²) >= 11 is 0. The van der Waals surface area contributed by atoms with E-state index in [9.17, 15) is 14.0 Å². The highest BCUT2D eigenvalue weighted by molar-refractivity contribution is 5.98. The molecule has 4 nitrogen and oxygen atoms in total. The predicted molar refractivity (Wildman–Crippen MR) is 93.6 cm³/mol. The minimum atomic E-state index is -0.353. The largest absolute Gasteiger partial charge is 0.342 e. The third-order valence-electron chi connectivity index (χ3n) is 6.40. The second-order valence-corrected chi connectivity index (χ2v) is 8.17. The second-order valence-electron chi connectivity index (χ2n) is 8.17. The Hall–Kier alpha value is -1.91. The number of likely N-dealkylation sites (tertiary alicyclic amines) is 1. The van der Waals surface area contributed by atoms with Gasteiger partial charge in [0.15, 0.2) is 0 Å². The molecule has 3 fully saturated rings. The summed E-state index contributed by atoms with van der Waals surface area (Å²) in [6.45, 7) is 4.09. The molecule has 0 atom stereocenters. The fourth-order valence-electron chi connectivity index (χ4n) is 4.32. The van der Waals surface area contributed by atoms with Crippen LogP contribution in [0.5, 0.6) is 0 Å². The number of carbonyl (C=O) groups is 2. The van der Waals surface area contributed by atoms with Crippen LogP contribution >= 0.6 is 0 Å². The standard InChI is InChI=1S/C20H25FN2O2/c1-19(8-9-19)17(24)22-13-10-20(11-14-22)7-2-12-23(18(20)25)16-5-3-15(21)4-6-16/h3-6H,2,7-14H2,1H3. The Kier molecular flexibility index (Phi) is 3.85. The number of hydrogen-bond donors (Lipinski definition) is 0. The third kappa shape index (κ3) is 2.83. The Balaban J connectivity index is 1.48. The van der Waals surface area contributed by atoms with E-state index in [0.717, 1.165) is 44.2 Å². The lowest BCUT2D eigenvalue weighted by Crippen LogP contribution is -2.55. The molecule has 0 radical (unpaired) electrons. The third-order valence-corrected chi connectivity index (χ3v) is 6.40. The molecule has 1 aromatic rings. The van der Waals surface area contributed by atoms with E-state index in [1.807, 2.05) is 16.7 Å². The lowest BCUT2D eigenvalue weighted by molar-refractivity contribution is -0.143. The van der Waals surface area contributed by atoms with Crippen molar-refractivity contribution in [1.82, 2.24) is 4.90 Å². The van der Waals surface area contributed by atoms with Crippen LogP contribution in [0.15, 0.2) is 24.3 Å². The van der Waals surface area contributed by atoms with Gasteiger partial charge in [0.1, 0.15) is 5.82 Å². The first-order valence-electron chi connectivity index (χ1n) is 9.31. The summed E-state index contributed by atoms with van der Waals surface area (Å²) < 4.78 is 13.2. The van der Waals surface area contributed by atoms with Crippen LogP contribution in [0.1, 0.15) is 45.4 Å². The molecule has 1 spiro atoms. The molecule has 2 heterocycles. The number of amides is 2. The lowest BCUT2D eigenvalue weighted by Gasteiger charge is -2.46. The van der Waals surface area contributed by atoms with Crippen LogP contribution in [0, 0.1) is 16.6 Å². The molecule has 0 unspecified atom stereocenters. The van der Waals surface area contributed by atoms with Crippen molar-refractivity contribution < 1.29 is 14.0 Å². The monoisotopic (exact) mass is 344 g/mol. The molecule has 0 bridgehead atoms. The maximum Gasteiger partial charge on any atom is 0.233 e. The predicted octanol–water partition coefficient (Wildman–Crippen LogP) is 3.36. The quantitative estimate of drug-likeness (QED) is 0.825. The minimum Gasteiger partial charge on any atom is -0.342 e. The number of hydrogen-bond acceptors (Lipinski definition) is 2. The summed E-state index contributed by atoms with van der Waals surface area (Å²) in [5, 5.41) is 0. The van der Waals surface area contributed by atoms with Crippen LogP contribution < -0.4 is 4.90 Å². The maximum atomic E-state index is 13.2. The van der Waals surface area contributed by atoms with Gasteiger partial charge in [-0.2, -0.15) is 0 Å². The first-order valence-corrected chi connectivity index (χ1v) is 9.31. The van der Waals surface area contributed by atoms with Crippen molar-refractivity contribution in [2.75, 3.05) is 24.5 Å². The van der Waals surface area contributed by atoms with Crippen LogP contribution in [0.2, 0.25) is 0 Å². The van der Waals surface area contributed by atoms with Crippen LogP contribution in [-0.2, 0) is 9.59 Å². The Morgan fingerprint density at radius 3 is 2.24 bits per heavy atom. The molecule has 1 aliphatic carbocycles. The molecular formula is C20H25FN2O2. The second kappa shape index (κ2) is 5.82. The van der Waals surface area contributed by atoms with Crippen molar-refractivity contribution in [2.45, 2.75) is 45.4 Å². The van der Waals surface area contributed by atoms with E-state index in [2.05, 4.69) is 0 Å². The Labute approximate surface area is 148 Å². The van der Waals surface area contributed by atoms with Gasteiger partial charge in [0.25, 0.3) is 0 Å². The number of piperidine rings is 2. The Morgan fingerprint density at radius 2 is 1.64 bits per heavy atom. The van der Waals surface area contributed by atoms with Crippen molar-refractivity contribution in [1.29, 1.82) is 0 Å². The summed E-state index contributed by atoms with van der Waals surface area (Å²) in [5.41, 5.74) is 0.282. The van der Waals surface area contributed by atoms with E-state index in [1.165, 1.54) is 12.1 Å². The molecule has 0 aromatic heterocycles. The highest BCUT2D eigenvalue weighted by Crippen LogP contribution is 2.48. The number of anilines is 1. The molecule has 2 amide bonds. The van der Waals surface area contributed by atoms with Gasteiger partial charge in [-0.05, 0) is 62.8 Å². The van der Waals surface area contributed by atoms with E-state index in [-0.39, 0.29) is 28.5 Å². The summed E-state index contributed by atoms with van der Waals surface area (Å²) in [6, 6.07) is 6.17.